The van der Waals surface area contributed by atoms with E-state index in [9.17, 15) is 36.1 Å². The van der Waals surface area contributed by atoms with E-state index in [1.165, 1.54) is 0 Å². The molecule has 1 aromatic rings. The van der Waals surface area contributed by atoms with Crippen LogP contribution in [0.4, 0.5) is 5.69 Å². The van der Waals surface area contributed by atoms with Crippen LogP contribution in [0.5, 0.6) is 0 Å². The SMILES string of the molecule is NC1(S(=O)(=O)O)C=C(S(=O)(=O)O)c2cc([N+](=O)[O-])ccc2C1. The number of fused-ring (bicyclic) bond motifs is 1. The monoisotopic (exact) mass is 350 g/mol. The maximum Gasteiger partial charge on any atom is 0.294 e. The van der Waals surface area contributed by atoms with Gasteiger partial charge in [0.2, 0.25) is 0 Å². The molecular formula is C10H10N2O8S2. The fourth-order valence-corrected chi connectivity index (χ4v) is 3.60. The lowest BCUT2D eigenvalue weighted by Gasteiger charge is -2.29. The van der Waals surface area contributed by atoms with Gasteiger partial charge in [0.15, 0.2) is 4.87 Å². The van der Waals surface area contributed by atoms with E-state index in [0.717, 1.165) is 18.2 Å². The molecule has 0 aromatic heterocycles. The number of nitrogens with zero attached hydrogens (tertiary/aromatic N) is 1. The number of non-ortho nitro benzene ring substituents is 1. The summed E-state index contributed by atoms with van der Waals surface area (Å²) in [5, 5.41) is 10.7. The van der Waals surface area contributed by atoms with Crippen LogP contribution < -0.4 is 5.73 Å². The van der Waals surface area contributed by atoms with E-state index in [4.69, 9.17) is 5.73 Å². The van der Waals surface area contributed by atoms with E-state index in [0.29, 0.717) is 6.08 Å². The average Bonchev–Trinajstić information content (AvgIpc) is 2.34. The molecule has 0 amide bonds. The molecule has 0 radical (unpaired) electrons. The number of benzene rings is 1. The first kappa shape index (κ1) is 16.5. The van der Waals surface area contributed by atoms with Crippen molar-refractivity contribution in [3.8, 4) is 0 Å². The summed E-state index contributed by atoms with van der Waals surface area (Å²) in [5.74, 6) is 0. The highest BCUT2D eigenvalue weighted by atomic mass is 32.2. The molecule has 1 aliphatic carbocycles. The molecule has 1 aromatic carbocycles. The molecule has 1 atom stereocenters. The lowest BCUT2D eigenvalue weighted by Crippen LogP contribution is -2.49. The molecule has 0 saturated heterocycles. The number of rotatable bonds is 3. The van der Waals surface area contributed by atoms with Gasteiger partial charge in [-0.05, 0) is 11.6 Å². The third-order valence-corrected chi connectivity index (χ3v) is 5.29. The van der Waals surface area contributed by atoms with Crippen molar-refractivity contribution < 1.29 is 30.9 Å². The highest BCUT2D eigenvalue weighted by molar-refractivity contribution is 7.95. The zero-order chi connectivity index (χ0) is 16.9. The van der Waals surface area contributed by atoms with E-state index in [-0.39, 0.29) is 11.1 Å². The summed E-state index contributed by atoms with van der Waals surface area (Å²) in [6, 6.07) is 3.01. The van der Waals surface area contributed by atoms with Gasteiger partial charge in [0, 0.05) is 24.1 Å². The standard InChI is InChI=1S/C10H10N2O8S2/c11-10(22(18,19)20)4-6-1-2-7(12(13)14)3-8(6)9(5-10)21(15,16)17/h1-3,5H,4,11H2,(H,15,16,17)(H,18,19,20). The second kappa shape index (κ2) is 4.82. The first-order valence-electron chi connectivity index (χ1n) is 5.59. The lowest BCUT2D eigenvalue weighted by molar-refractivity contribution is -0.384. The molecule has 0 bridgehead atoms. The third-order valence-electron chi connectivity index (χ3n) is 3.17. The van der Waals surface area contributed by atoms with E-state index >= 15 is 0 Å². The number of nitrogens with two attached hydrogens (primary N) is 1. The van der Waals surface area contributed by atoms with Crippen LogP contribution in [-0.4, -0.2) is 35.7 Å². The normalized spacial score (nSPS) is 21.9. The van der Waals surface area contributed by atoms with Crippen molar-refractivity contribution in [1.82, 2.24) is 0 Å². The Morgan fingerprint density at radius 3 is 2.27 bits per heavy atom. The van der Waals surface area contributed by atoms with Gasteiger partial charge in [-0.3, -0.25) is 19.2 Å². The molecule has 0 fully saturated rings. The molecule has 22 heavy (non-hydrogen) atoms. The van der Waals surface area contributed by atoms with Crippen LogP contribution in [-0.2, 0) is 26.7 Å². The summed E-state index contributed by atoms with van der Waals surface area (Å²) >= 11 is 0. The number of hydrogen-bond acceptors (Lipinski definition) is 7. The molecular weight excluding hydrogens is 340 g/mol. The van der Waals surface area contributed by atoms with Crippen LogP contribution in [0.15, 0.2) is 24.3 Å². The van der Waals surface area contributed by atoms with Gasteiger partial charge in [-0.15, -0.1) is 0 Å². The van der Waals surface area contributed by atoms with Crippen molar-refractivity contribution in [3.05, 3.63) is 45.5 Å². The van der Waals surface area contributed by atoms with Crippen LogP contribution in [0.25, 0.3) is 4.91 Å². The molecule has 4 N–H and O–H groups in total. The van der Waals surface area contributed by atoms with Gasteiger partial charge in [-0.25, -0.2) is 0 Å². The van der Waals surface area contributed by atoms with Gasteiger partial charge in [-0.2, -0.15) is 16.8 Å². The van der Waals surface area contributed by atoms with E-state index in [2.05, 4.69) is 0 Å². The Balaban J connectivity index is 2.81. The molecule has 1 aliphatic rings. The molecule has 2 rings (SSSR count). The van der Waals surface area contributed by atoms with Crippen molar-refractivity contribution >= 4 is 30.8 Å². The Kier molecular flexibility index (Phi) is 3.62. The quantitative estimate of drug-likeness (QED) is 0.382. The molecule has 0 heterocycles. The van der Waals surface area contributed by atoms with Gasteiger partial charge in [0.25, 0.3) is 25.9 Å². The Bertz CT molecular complexity index is 903. The summed E-state index contributed by atoms with van der Waals surface area (Å²) in [7, 11) is -9.83. The predicted octanol–water partition coefficient (Wildman–Crippen LogP) is -0.0776. The minimum absolute atomic E-state index is 0.0147. The van der Waals surface area contributed by atoms with Crippen molar-refractivity contribution in [2.75, 3.05) is 0 Å². The van der Waals surface area contributed by atoms with Gasteiger partial charge >= 0.3 is 0 Å². The average molecular weight is 350 g/mol. The van der Waals surface area contributed by atoms with Crippen molar-refractivity contribution in [3.63, 3.8) is 0 Å². The fourth-order valence-electron chi connectivity index (χ4n) is 2.09. The van der Waals surface area contributed by atoms with Crippen LogP contribution in [0, 0.1) is 10.1 Å². The molecule has 10 nitrogen and oxygen atoms in total. The summed E-state index contributed by atoms with van der Waals surface area (Å²) in [6.07, 6.45) is -0.0537. The first-order chi connectivity index (χ1) is 9.85. The summed E-state index contributed by atoms with van der Waals surface area (Å²) in [6.45, 7) is 0. The molecule has 12 heteroatoms. The lowest BCUT2D eigenvalue weighted by atomic mass is 9.93. The van der Waals surface area contributed by atoms with Gasteiger partial charge in [0.1, 0.15) is 4.91 Å². The van der Waals surface area contributed by atoms with Gasteiger partial charge < -0.3 is 5.73 Å². The summed E-state index contributed by atoms with van der Waals surface area (Å²) in [4.78, 5) is 6.57. The molecule has 0 saturated carbocycles. The van der Waals surface area contributed by atoms with Crippen molar-refractivity contribution in [2.24, 2.45) is 5.73 Å². The Hall–Kier alpha value is -1.86. The van der Waals surface area contributed by atoms with E-state index < -0.39 is 47.0 Å². The molecule has 120 valence electrons. The summed E-state index contributed by atoms with van der Waals surface area (Å²) in [5.41, 5.74) is 4.82. The predicted molar refractivity (Wildman–Crippen MR) is 74.8 cm³/mol. The smallest absolute Gasteiger partial charge is 0.294 e. The maximum absolute atomic E-state index is 11.4. The fraction of sp³-hybridized carbons (Fsp3) is 0.200. The summed E-state index contributed by atoms with van der Waals surface area (Å²) < 4.78 is 64.0. The van der Waals surface area contributed by atoms with Crippen molar-refractivity contribution in [2.45, 2.75) is 11.3 Å². The highest BCUT2D eigenvalue weighted by Crippen LogP contribution is 2.37. The topological polar surface area (TPSA) is 178 Å². The Labute approximate surface area is 124 Å². The maximum atomic E-state index is 11.4. The van der Waals surface area contributed by atoms with Crippen LogP contribution >= 0.6 is 0 Å². The third kappa shape index (κ3) is 2.74. The first-order valence-corrected chi connectivity index (χ1v) is 8.47. The van der Waals surface area contributed by atoms with E-state index in [1.807, 2.05) is 0 Å². The largest absolute Gasteiger partial charge is 0.307 e. The molecule has 0 spiro atoms. The van der Waals surface area contributed by atoms with E-state index in [1.54, 1.807) is 0 Å². The Morgan fingerprint density at radius 2 is 1.82 bits per heavy atom. The zero-order valence-corrected chi connectivity index (χ0v) is 12.3. The second-order valence-electron chi connectivity index (χ2n) is 4.69. The minimum Gasteiger partial charge on any atom is -0.307 e. The molecule has 0 aliphatic heterocycles. The number of hydrogen-bond donors (Lipinski definition) is 3. The highest BCUT2D eigenvalue weighted by Gasteiger charge is 2.43. The molecule has 1 unspecified atom stereocenters. The van der Waals surface area contributed by atoms with Crippen LogP contribution in [0.1, 0.15) is 11.1 Å². The van der Waals surface area contributed by atoms with Gasteiger partial charge in [-0.1, -0.05) is 6.07 Å². The van der Waals surface area contributed by atoms with Crippen molar-refractivity contribution in [1.29, 1.82) is 0 Å². The number of nitro groups is 1. The minimum atomic E-state index is -4.93. The zero-order valence-electron chi connectivity index (χ0n) is 10.7. The van der Waals surface area contributed by atoms with Crippen LogP contribution in [0.2, 0.25) is 0 Å². The second-order valence-corrected chi connectivity index (χ2v) is 7.79. The van der Waals surface area contributed by atoms with Gasteiger partial charge in [0.05, 0.1) is 4.92 Å². The van der Waals surface area contributed by atoms with Crippen LogP contribution in [0.3, 0.4) is 0 Å². The Morgan fingerprint density at radius 1 is 1.23 bits per heavy atom. The number of nitro benzene ring substituents is 1.